The minimum Gasteiger partial charge on any atom is -0.457 e. The largest absolute Gasteiger partial charge is 0.457 e. The van der Waals surface area contributed by atoms with Gasteiger partial charge in [0.05, 0.1) is 38.5 Å². The number of fused-ring (bicyclic) bond motifs is 15. The fraction of sp³-hybridized carbons (Fsp3) is 0. The second kappa shape index (κ2) is 13.4. The van der Waals surface area contributed by atoms with Crippen LogP contribution in [0, 0.1) is 0 Å². The van der Waals surface area contributed by atoms with Crippen molar-refractivity contribution in [3.8, 4) is 51.2 Å². The summed E-state index contributed by atoms with van der Waals surface area (Å²) in [7, 11) is 0. The van der Waals surface area contributed by atoms with Crippen molar-refractivity contribution in [1.82, 2.24) is 13.7 Å². The predicted molar refractivity (Wildman–Crippen MR) is 273 cm³/mol. The molecule has 13 aromatic rings. The quantitative estimate of drug-likeness (QED) is 0.165. The number of hydrogen-bond donors (Lipinski definition) is 0. The first-order valence-electron chi connectivity index (χ1n) is 22.6. The summed E-state index contributed by atoms with van der Waals surface area (Å²) in [6, 6.07) is 78.6. The van der Waals surface area contributed by atoms with Crippen molar-refractivity contribution < 1.29 is 9.47 Å². The molecular formula is C60H36BN3O2. The van der Waals surface area contributed by atoms with E-state index in [9.17, 15) is 0 Å². The summed E-state index contributed by atoms with van der Waals surface area (Å²) in [5, 5.41) is 6.91. The number of aromatic nitrogens is 3. The Bertz CT molecular complexity index is 4150. The van der Waals surface area contributed by atoms with E-state index < -0.39 is 0 Å². The third-order valence-corrected chi connectivity index (χ3v) is 14.1. The Balaban J connectivity index is 1.08. The van der Waals surface area contributed by atoms with Gasteiger partial charge in [0.15, 0.2) is 0 Å². The normalized spacial score (nSPS) is 12.8. The van der Waals surface area contributed by atoms with Crippen LogP contribution in [-0.4, -0.2) is 20.4 Å². The van der Waals surface area contributed by atoms with Crippen LogP contribution in [0.5, 0.6) is 23.0 Å². The van der Waals surface area contributed by atoms with Crippen LogP contribution in [0.3, 0.4) is 0 Å². The van der Waals surface area contributed by atoms with E-state index in [1.54, 1.807) is 0 Å². The summed E-state index contributed by atoms with van der Waals surface area (Å²) >= 11 is 0. The van der Waals surface area contributed by atoms with E-state index in [-0.39, 0.29) is 6.71 Å². The Kier molecular flexibility index (Phi) is 7.24. The van der Waals surface area contributed by atoms with Gasteiger partial charge in [-0.2, -0.15) is 0 Å². The molecule has 306 valence electrons. The number of hydrogen-bond acceptors (Lipinski definition) is 2. The second-order valence-corrected chi connectivity index (χ2v) is 17.6. The molecule has 2 aliphatic rings. The highest BCUT2D eigenvalue weighted by atomic mass is 16.5. The van der Waals surface area contributed by atoms with E-state index in [0.717, 1.165) is 106 Å². The van der Waals surface area contributed by atoms with Gasteiger partial charge in [-0.25, -0.2) is 0 Å². The molecule has 10 aromatic carbocycles. The van der Waals surface area contributed by atoms with Gasteiger partial charge in [0.25, 0.3) is 6.71 Å². The average molecular weight is 842 g/mol. The lowest BCUT2D eigenvalue weighted by molar-refractivity contribution is 0.471. The van der Waals surface area contributed by atoms with Crippen molar-refractivity contribution in [1.29, 1.82) is 0 Å². The summed E-state index contributed by atoms with van der Waals surface area (Å²) in [6.45, 7) is -0.194. The standard InChI is InChI=1S/C60H36BN3O2/c1-5-17-37(18-6-1)38-29-30-43-46-34-48-54(35-52(46)63(51(43)33-38)40-21-9-3-10-22-40)65-60-56-45-26-14-16-28-50(45)62(39-19-7-2-8-20-39)53(56)36-55-57(60)61(48)47-32-31-44-42-25-13-15-27-49(42)64(58(44)59(47)66-55)41-23-11-4-12-24-41/h1-36H. The van der Waals surface area contributed by atoms with Gasteiger partial charge >= 0.3 is 0 Å². The number of para-hydroxylation sites is 5. The van der Waals surface area contributed by atoms with Crippen LogP contribution in [0.4, 0.5) is 0 Å². The molecular weight excluding hydrogens is 805 g/mol. The van der Waals surface area contributed by atoms with Crippen molar-refractivity contribution in [3.05, 3.63) is 218 Å². The van der Waals surface area contributed by atoms with Crippen LogP contribution in [0.1, 0.15) is 0 Å². The van der Waals surface area contributed by atoms with Gasteiger partial charge in [-0.1, -0.05) is 152 Å². The molecule has 5 heterocycles. The van der Waals surface area contributed by atoms with Gasteiger partial charge in [-0.3, -0.25) is 0 Å². The smallest absolute Gasteiger partial charge is 0.260 e. The molecule has 0 amide bonds. The number of benzene rings is 10. The zero-order valence-corrected chi connectivity index (χ0v) is 35.5. The summed E-state index contributed by atoms with van der Waals surface area (Å²) in [5.74, 6) is 3.35. The zero-order valence-electron chi connectivity index (χ0n) is 35.5. The molecule has 2 aliphatic heterocycles. The van der Waals surface area contributed by atoms with Crippen LogP contribution in [0.2, 0.25) is 0 Å². The first-order chi connectivity index (χ1) is 32.8. The lowest BCUT2D eigenvalue weighted by atomic mass is 9.34. The van der Waals surface area contributed by atoms with Gasteiger partial charge in [0.2, 0.25) is 0 Å². The minimum atomic E-state index is -0.194. The monoisotopic (exact) mass is 841 g/mol. The third-order valence-electron chi connectivity index (χ3n) is 14.1. The van der Waals surface area contributed by atoms with Crippen molar-refractivity contribution in [2.45, 2.75) is 0 Å². The molecule has 0 fully saturated rings. The Morgan fingerprint density at radius 1 is 0.318 bits per heavy atom. The van der Waals surface area contributed by atoms with E-state index in [2.05, 4.69) is 232 Å². The van der Waals surface area contributed by atoms with E-state index in [1.807, 2.05) is 0 Å². The van der Waals surface area contributed by atoms with Gasteiger partial charge in [0, 0.05) is 61.6 Å². The maximum Gasteiger partial charge on any atom is 0.260 e. The van der Waals surface area contributed by atoms with Gasteiger partial charge in [0.1, 0.15) is 23.0 Å². The SMILES string of the molecule is c1ccc(-c2ccc3c4cc5c(cc4n(-c4ccccc4)c3c2)Oc2c3c(cc4c2c2ccccc2n4-c2ccccc2)Oc2c(ccc4c6ccccc6n(-c6ccccc6)c24)B53)cc1. The lowest BCUT2D eigenvalue weighted by Gasteiger charge is -2.34. The second-order valence-electron chi connectivity index (χ2n) is 17.6. The molecule has 15 rings (SSSR count). The molecule has 0 N–H and O–H groups in total. The average Bonchev–Trinajstić information content (AvgIpc) is 4.02. The Morgan fingerprint density at radius 3 is 1.56 bits per heavy atom. The van der Waals surface area contributed by atoms with Crippen LogP contribution in [-0.2, 0) is 0 Å². The molecule has 0 atom stereocenters. The fourth-order valence-electron chi connectivity index (χ4n) is 11.4. The maximum absolute atomic E-state index is 7.51. The molecule has 0 saturated heterocycles. The molecule has 0 unspecified atom stereocenters. The van der Waals surface area contributed by atoms with E-state index >= 15 is 0 Å². The molecule has 0 spiro atoms. The Hall–Kier alpha value is -8.74. The third kappa shape index (κ3) is 4.85. The van der Waals surface area contributed by atoms with Crippen molar-refractivity contribution >= 4 is 88.5 Å². The van der Waals surface area contributed by atoms with Crippen LogP contribution in [0.15, 0.2) is 218 Å². The van der Waals surface area contributed by atoms with Crippen LogP contribution in [0.25, 0.3) is 93.6 Å². The highest BCUT2D eigenvalue weighted by molar-refractivity contribution is 6.98. The van der Waals surface area contributed by atoms with E-state index in [4.69, 9.17) is 9.47 Å². The Labute approximate surface area is 379 Å². The molecule has 66 heavy (non-hydrogen) atoms. The fourth-order valence-corrected chi connectivity index (χ4v) is 11.4. The lowest BCUT2D eigenvalue weighted by Crippen LogP contribution is -2.57. The minimum absolute atomic E-state index is 0.194. The molecule has 5 nitrogen and oxygen atoms in total. The van der Waals surface area contributed by atoms with E-state index in [1.165, 1.54) is 27.3 Å². The summed E-state index contributed by atoms with van der Waals surface area (Å²) in [5.41, 5.74) is 15.5. The van der Waals surface area contributed by atoms with Gasteiger partial charge in [-0.15, -0.1) is 0 Å². The first-order valence-corrected chi connectivity index (χ1v) is 22.6. The topological polar surface area (TPSA) is 33.2 Å². The summed E-state index contributed by atoms with van der Waals surface area (Å²) in [4.78, 5) is 0. The maximum atomic E-state index is 7.51. The van der Waals surface area contributed by atoms with Gasteiger partial charge in [-0.05, 0) is 76.6 Å². The summed E-state index contributed by atoms with van der Waals surface area (Å²) < 4.78 is 22.2. The molecule has 0 radical (unpaired) electrons. The van der Waals surface area contributed by atoms with Crippen LogP contribution >= 0.6 is 0 Å². The molecule has 0 aliphatic carbocycles. The number of ether oxygens (including phenoxy) is 2. The molecule has 3 aromatic heterocycles. The van der Waals surface area contributed by atoms with Crippen molar-refractivity contribution in [3.63, 3.8) is 0 Å². The molecule has 0 bridgehead atoms. The van der Waals surface area contributed by atoms with Crippen molar-refractivity contribution in [2.24, 2.45) is 0 Å². The first kappa shape index (κ1) is 35.7. The highest BCUT2D eigenvalue weighted by Crippen LogP contribution is 2.48. The molecule has 6 heteroatoms. The van der Waals surface area contributed by atoms with Crippen LogP contribution < -0.4 is 25.9 Å². The predicted octanol–water partition coefficient (Wildman–Crippen LogP) is 13.4. The van der Waals surface area contributed by atoms with Crippen molar-refractivity contribution in [2.75, 3.05) is 0 Å². The summed E-state index contributed by atoms with van der Waals surface area (Å²) in [6.07, 6.45) is 0. The van der Waals surface area contributed by atoms with E-state index in [0.29, 0.717) is 0 Å². The molecule has 0 saturated carbocycles. The Morgan fingerprint density at radius 2 is 0.848 bits per heavy atom. The highest BCUT2D eigenvalue weighted by Gasteiger charge is 2.44. The number of rotatable bonds is 4. The number of nitrogens with zero attached hydrogens (tertiary/aromatic N) is 3. The zero-order chi connectivity index (χ0) is 43.0. The van der Waals surface area contributed by atoms with Gasteiger partial charge < -0.3 is 23.2 Å².